The fraction of sp³-hybridized carbons (Fsp3) is 0.571. The Morgan fingerprint density at radius 2 is 1.85 bits per heavy atom. The van der Waals surface area contributed by atoms with E-state index in [1.807, 2.05) is 26.2 Å². The van der Waals surface area contributed by atoms with Crippen LogP contribution in [-0.2, 0) is 11.3 Å². The summed E-state index contributed by atoms with van der Waals surface area (Å²) >= 11 is 14.7. The van der Waals surface area contributed by atoms with Crippen molar-refractivity contribution in [1.82, 2.24) is 15.2 Å². The van der Waals surface area contributed by atoms with E-state index in [1.165, 1.54) is 11.8 Å². The summed E-state index contributed by atoms with van der Waals surface area (Å²) in [7, 11) is 1.77. The van der Waals surface area contributed by atoms with Gasteiger partial charge in [-0.2, -0.15) is 0 Å². The summed E-state index contributed by atoms with van der Waals surface area (Å²) in [6, 6.07) is 2.44. The van der Waals surface area contributed by atoms with Gasteiger partial charge in [-0.25, -0.2) is 0 Å². The number of aromatic amines is 1. The van der Waals surface area contributed by atoms with Crippen molar-refractivity contribution in [2.24, 2.45) is 5.92 Å². The molecule has 39 heavy (non-hydrogen) atoms. The van der Waals surface area contributed by atoms with Gasteiger partial charge in [0.15, 0.2) is 11.5 Å². The van der Waals surface area contributed by atoms with E-state index in [4.69, 9.17) is 37.4 Å². The number of thioether (sulfide) groups is 1. The number of methoxy groups -OCH3 is 1. The number of hydrogen-bond acceptors (Lipinski definition) is 7. The maximum Gasteiger partial charge on any atom is 0.254 e. The van der Waals surface area contributed by atoms with E-state index in [0.717, 1.165) is 49.4 Å². The summed E-state index contributed by atoms with van der Waals surface area (Å²) in [6.07, 6.45) is 6.30. The molecule has 2 aromatic rings. The highest BCUT2D eigenvalue weighted by Crippen LogP contribution is 2.54. The molecule has 5 rings (SSSR count). The second kappa shape index (κ2) is 11.2. The second-order valence-electron chi connectivity index (χ2n) is 10.8. The van der Waals surface area contributed by atoms with Crippen LogP contribution in [0.1, 0.15) is 59.8 Å². The lowest BCUT2D eigenvalue weighted by Gasteiger charge is -2.47. The number of amides is 1. The fourth-order valence-electron chi connectivity index (χ4n) is 6.01. The van der Waals surface area contributed by atoms with Gasteiger partial charge in [0.1, 0.15) is 5.02 Å². The highest BCUT2D eigenvalue weighted by atomic mass is 35.5. The minimum absolute atomic E-state index is 0.0511. The van der Waals surface area contributed by atoms with Gasteiger partial charge >= 0.3 is 0 Å². The number of pyridine rings is 1. The van der Waals surface area contributed by atoms with Crippen molar-refractivity contribution in [3.05, 3.63) is 48.8 Å². The van der Waals surface area contributed by atoms with Crippen LogP contribution in [0.5, 0.6) is 11.5 Å². The normalized spacial score (nSPS) is 25.0. The molecule has 1 atom stereocenters. The summed E-state index contributed by atoms with van der Waals surface area (Å²) in [5.41, 5.74) is 1.79. The zero-order chi connectivity index (χ0) is 28.1. The molecule has 1 aliphatic carbocycles. The number of nitrogens with zero attached hydrogens (tertiary/aromatic N) is 1. The molecule has 1 aromatic heterocycles. The van der Waals surface area contributed by atoms with Crippen LogP contribution in [0.2, 0.25) is 10.0 Å². The van der Waals surface area contributed by atoms with Crippen molar-refractivity contribution in [3.8, 4) is 11.5 Å². The van der Waals surface area contributed by atoms with Crippen LogP contribution < -0.4 is 20.3 Å². The lowest BCUT2D eigenvalue weighted by atomic mass is 9.80. The molecule has 3 heterocycles. The van der Waals surface area contributed by atoms with Gasteiger partial charge in [-0.15, -0.1) is 11.8 Å². The number of H-pyrrole nitrogens is 1. The molecule has 0 bridgehead atoms. The van der Waals surface area contributed by atoms with Gasteiger partial charge in [-0.3, -0.25) is 14.5 Å². The number of nitrogens with one attached hydrogen (secondary N) is 2. The lowest BCUT2D eigenvalue weighted by molar-refractivity contribution is -0.130. The molecule has 2 aliphatic heterocycles. The summed E-state index contributed by atoms with van der Waals surface area (Å²) in [6.45, 7) is 7.59. The molecular weight excluding hydrogens is 561 g/mol. The third-order valence-electron chi connectivity index (χ3n) is 8.41. The number of fused-ring (bicyclic) bond motifs is 1. The van der Waals surface area contributed by atoms with Crippen molar-refractivity contribution in [2.75, 3.05) is 26.5 Å². The van der Waals surface area contributed by atoms with Crippen molar-refractivity contribution in [2.45, 2.75) is 75.8 Å². The van der Waals surface area contributed by atoms with Crippen LogP contribution in [0.15, 0.2) is 15.8 Å². The molecule has 2 fully saturated rings. The molecule has 2 N–H and O–H groups in total. The summed E-state index contributed by atoms with van der Waals surface area (Å²) in [5.74, 6) is -0.332. The van der Waals surface area contributed by atoms with Crippen LogP contribution >= 0.6 is 35.0 Å². The number of ether oxygens (including phenoxy) is 3. The molecule has 0 radical (unpaired) electrons. The highest BCUT2D eigenvalue weighted by Gasteiger charge is 2.49. The van der Waals surface area contributed by atoms with Crippen LogP contribution in [0.3, 0.4) is 0 Å². The quantitative estimate of drug-likeness (QED) is 0.418. The van der Waals surface area contributed by atoms with Gasteiger partial charge in [-0.05, 0) is 51.9 Å². The van der Waals surface area contributed by atoms with Gasteiger partial charge in [0.2, 0.25) is 0 Å². The number of aromatic nitrogens is 1. The molecule has 1 saturated carbocycles. The SMILES string of the molecule is COC1CN(C2CCC(C3(C)Oc4c(C)c(C(=O)NCc5c(SC)cc(C)[nH]c5=O)c(Cl)c(Cl)c4O3)CC2)C1. The smallest absolute Gasteiger partial charge is 0.254 e. The Morgan fingerprint density at radius 1 is 1.18 bits per heavy atom. The molecular formula is C28H35Cl2N3O5S. The fourth-order valence-corrected chi connectivity index (χ4v) is 7.25. The molecule has 1 amide bonds. The number of halogens is 2. The first-order chi connectivity index (χ1) is 18.6. The topological polar surface area (TPSA) is 92.9 Å². The van der Waals surface area contributed by atoms with Crippen molar-refractivity contribution >= 4 is 40.9 Å². The monoisotopic (exact) mass is 595 g/mol. The number of aryl methyl sites for hydroxylation is 1. The van der Waals surface area contributed by atoms with Crippen LogP contribution in [0.4, 0.5) is 0 Å². The van der Waals surface area contributed by atoms with Crippen molar-refractivity contribution in [1.29, 1.82) is 0 Å². The Hall–Kier alpha value is -1.91. The van der Waals surface area contributed by atoms with E-state index in [9.17, 15) is 9.59 Å². The lowest BCUT2D eigenvalue weighted by Crippen LogP contribution is -2.57. The highest BCUT2D eigenvalue weighted by molar-refractivity contribution is 7.98. The Kier molecular flexibility index (Phi) is 8.19. The second-order valence-corrected chi connectivity index (χ2v) is 12.4. The van der Waals surface area contributed by atoms with Gasteiger partial charge in [-0.1, -0.05) is 23.2 Å². The van der Waals surface area contributed by atoms with Gasteiger partial charge in [0.25, 0.3) is 17.3 Å². The Morgan fingerprint density at radius 3 is 2.49 bits per heavy atom. The summed E-state index contributed by atoms with van der Waals surface area (Å²) in [5, 5.41) is 3.11. The maximum absolute atomic E-state index is 13.3. The van der Waals surface area contributed by atoms with Crippen molar-refractivity contribution < 1.29 is 19.0 Å². The molecule has 1 unspecified atom stereocenters. The summed E-state index contributed by atoms with van der Waals surface area (Å²) in [4.78, 5) is 32.0. The first-order valence-corrected chi connectivity index (χ1v) is 15.3. The van der Waals surface area contributed by atoms with Gasteiger partial charge in [0, 0.05) is 67.3 Å². The van der Waals surface area contributed by atoms with E-state index in [1.54, 1.807) is 14.0 Å². The molecule has 8 nitrogen and oxygen atoms in total. The maximum atomic E-state index is 13.3. The van der Waals surface area contributed by atoms with E-state index in [-0.39, 0.29) is 33.6 Å². The van der Waals surface area contributed by atoms with Gasteiger partial charge in [0.05, 0.1) is 16.7 Å². The molecule has 11 heteroatoms. The number of carbonyl (C=O) groups is 1. The molecule has 1 aromatic carbocycles. The Bertz CT molecular complexity index is 1340. The van der Waals surface area contributed by atoms with Gasteiger partial charge < -0.3 is 24.5 Å². The number of benzene rings is 1. The minimum Gasteiger partial charge on any atom is -0.448 e. The van der Waals surface area contributed by atoms with Crippen LogP contribution in [-0.4, -0.2) is 60.2 Å². The molecule has 212 valence electrons. The first-order valence-electron chi connectivity index (χ1n) is 13.3. The zero-order valence-corrected chi connectivity index (χ0v) is 25.2. The van der Waals surface area contributed by atoms with Crippen LogP contribution in [0.25, 0.3) is 0 Å². The predicted octanol–water partition coefficient (Wildman–Crippen LogP) is 5.33. The largest absolute Gasteiger partial charge is 0.448 e. The van der Waals surface area contributed by atoms with E-state index in [2.05, 4.69) is 15.2 Å². The average Bonchev–Trinajstić information content (AvgIpc) is 3.25. The van der Waals surface area contributed by atoms with E-state index < -0.39 is 11.7 Å². The predicted molar refractivity (Wildman–Crippen MR) is 154 cm³/mol. The van der Waals surface area contributed by atoms with Crippen molar-refractivity contribution in [3.63, 3.8) is 0 Å². The molecule has 0 spiro atoms. The third-order valence-corrected chi connectivity index (χ3v) is 10.0. The number of rotatable bonds is 7. The van der Waals surface area contributed by atoms with E-state index in [0.29, 0.717) is 34.8 Å². The summed E-state index contributed by atoms with van der Waals surface area (Å²) < 4.78 is 18.2. The number of hydrogen-bond donors (Lipinski definition) is 2. The first kappa shape index (κ1) is 28.6. The van der Waals surface area contributed by atoms with E-state index >= 15 is 0 Å². The molecule has 1 saturated heterocycles. The number of likely N-dealkylation sites (tertiary alicyclic amines) is 1. The number of carbonyl (C=O) groups excluding carboxylic acids is 1. The Labute approximate surface area is 243 Å². The van der Waals surface area contributed by atoms with Crippen LogP contribution in [0, 0.1) is 19.8 Å². The molecule has 3 aliphatic rings. The Balaban J connectivity index is 1.31. The minimum atomic E-state index is -0.896. The average molecular weight is 597 g/mol. The third kappa shape index (κ3) is 5.28. The standard InChI is InChI=1S/C28H35Cl2N3O5S/c1-14-10-20(39-5)19(26(34)32-14)11-31-27(35)21-15(2)24-25(23(30)22(21)29)38-28(3,37-24)16-6-8-17(9-7-16)33-12-18(13-33)36-4/h10,16-18H,6-9,11-13H2,1-5H3,(H,31,35)(H,32,34). The zero-order valence-electron chi connectivity index (χ0n) is 22.9.